The monoisotopic (exact) mass is 139 g/mol. The normalized spacial score (nSPS) is 30.7. The van der Waals surface area contributed by atoms with Gasteiger partial charge in [0.15, 0.2) is 0 Å². The van der Waals surface area contributed by atoms with Crippen molar-refractivity contribution in [2.24, 2.45) is 0 Å². The van der Waals surface area contributed by atoms with Gasteiger partial charge >= 0.3 is 0 Å². The van der Waals surface area contributed by atoms with E-state index in [0.717, 1.165) is 6.04 Å². The lowest BCUT2D eigenvalue weighted by molar-refractivity contribution is 0.473. The minimum Gasteiger partial charge on any atom is -0.317 e. The summed E-state index contributed by atoms with van der Waals surface area (Å²) in [6.07, 6.45) is 11.2. The molecule has 0 aromatic carbocycles. The summed E-state index contributed by atoms with van der Waals surface area (Å²) in [7, 11) is 2.07. The molecule has 1 heteroatoms. The Labute approximate surface area is 63.5 Å². The molecule has 10 heavy (non-hydrogen) atoms. The second-order valence-corrected chi connectivity index (χ2v) is 2.97. The Hall–Kier alpha value is -0.300. The number of rotatable bonds is 1. The van der Waals surface area contributed by atoms with E-state index in [1.54, 1.807) is 0 Å². The Morgan fingerprint density at radius 2 is 2.00 bits per heavy atom. The van der Waals surface area contributed by atoms with Gasteiger partial charge in [0, 0.05) is 6.04 Å². The van der Waals surface area contributed by atoms with Crippen LogP contribution in [0.25, 0.3) is 0 Å². The molecule has 0 aliphatic heterocycles. The average Bonchev–Trinajstić information content (AvgIpc) is 1.87. The van der Waals surface area contributed by atoms with E-state index in [2.05, 4.69) is 24.5 Å². The first kappa shape index (κ1) is 7.80. The molecule has 0 bridgehead atoms. The summed E-state index contributed by atoms with van der Waals surface area (Å²) in [6.45, 7) is 0. The van der Waals surface area contributed by atoms with Crippen molar-refractivity contribution in [3.05, 3.63) is 12.2 Å². The fraction of sp³-hybridized carbons (Fsp3) is 0.778. The molecule has 1 aliphatic carbocycles. The van der Waals surface area contributed by atoms with Crippen molar-refractivity contribution >= 4 is 0 Å². The smallest absolute Gasteiger partial charge is 0.00671 e. The number of nitrogens with one attached hydrogen (secondary N) is 1. The van der Waals surface area contributed by atoms with E-state index >= 15 is 0 Å². The molecule has 1 nitrogen and oxygen atoms in total. The van der Waals surface area contributed by atoms with E-state index in [1.807, 2.05) is 0 Å². The van der Waals surface area contributed by atoms with Crippen LogP contribution in [0.15, 0.2) is 12.2 Å². The third-order valence-electron chi connectivity index (χ3n) is 2.18. The first-order valence-corrected chi connectivity index (χ1v) is 4.26. The van der Waals surface area contributed by atoms with E-state index in [0.29, 0.717) is 0 Å². The summed E-state index contributed by atoms with van der Waals surface area (Å²) in [5, 5.41) is 3.34. The van der Waals surface area contributed by atoms with Crippen LogP contribution in [-0.4, -0.2) is 13.1 Å². The van der Waals surface area contributed by atoms with Gasteiger partial charge in [-0.2, -0.15) is 0 Å². The minimum absolute atomic E-state index is 0.768. The molecule has 0 spiro atoms. The van der Waals surface area contributed by atoms with Gasteiger partial charge in [0.25, 0.3) is 0 Å². The molecule has 58 valence electrons. The van der Waals surface area contributed by atoms with Crippen LogP contribution in [0.1, 0.15) is 32.1 Å². The van der Waals surface area contributed by atoms with Crippen molar-refractivity contribution in [1.29, 1.82) is 0 Å². The molecule has 0 saturated heterocycles. The van der Waals surface area contributed by atoms with Crippen molar-refractivity contribution in [2.45, 2.75) is 38.1 Å². The van der Waals surface area contributed by atoms with Crippen LogP contribution in [0.5, 0.6) is 0 Å². The van der Waals surface area contributed by atoms with Gasteiger partial charge < -0.3 is 5.32 Å². The van der Waals surface area contributed by atoms with Crippen molar-refractivity contribution in [3.8, 4) is 0 Å². The summed E-state index contributed by atoms with van der Waals surface area (Å²) in [4.78, 5) is 0. The second kappa shape index (κ2) is 4.51. The molecule has 0 saturated carbocycles. The predicted octanol–water partition coefficient (Wildman–Crippen LogP) is 2.09. The van der Waals surface area contributed by atoms with E-state index in [1.165, 1.54) is 32.1 Å². The first-order valence-electron chi connectivity index (χ1n) is 4.26. The number of hydrogen-bond donors (Lipinski definition) is 1. The van der Waals surface area contributed by atoms with Gasteiger partial charge in [0.2, 0.25) is 0 Å². The highest BCUT2D eigenvalue weighted by Gasteiger charge is 2.04. The third-order valence-corrected chi connectivity index (χ3v) is 2.18. The Morgan fingerprint density at radius 3 is 2.80 bits per heavy atom. The highest BCUT2D eigenvalue weighted by Crippen LogP contribution is 2.11. The van der Waals surface area contributed by atoms with Gasteiger partial charge in [-0.05, 0) is 39.2 Å². The van der Waals surface area contributed by atoms with Crippen LogP contribution in [0.3, 0.4) is 0 Å². The van der Waals surface area contributed by atoms with E-state index in [-0.39, 0.29) is 0 Å². The van der Waals surface area contributed by atoms with Gasteiger partial charge in [-0.3, -0.25) is 0 Å². The quantitative estimate of drug-likeness (QED) is 0.548. The van der Waals surface area contributed by atoms with Crippen molar-refractivity contribution in [3.63, 3.8) is 0 Å². The van der Waals surface area contributed by atoms with Crippen LogP contribution in [0.4, 0.5) is 0 Å². The van der Waals surface area contributed by atoms with Crippen LogP contribution < -0.4 is 5.32 Å². The molecular weight excluding hydrogens is 122 g/mol. The molecule has 0 aromatic rings. The van der Waals surface area contributed by atoms with Crippen LogP contribution >= 0.6 is 0 Å². The molecule has 1 N–H and O–H groups in total. The van der Waals surface area contributed by atoms with Crippen LogP contribution in [-0.2, 0) is 0 Å². The summed E-state index contributed by atoms with van der Waals surface area (Å²) < 4.78 is 0. The van der Waals surface area contributed by atoms with E-state index < -0.39 is 0 Å². The SMILES string of the molecule is CNC1CC/C=C\CCC1. The van der Waals surface area contributed by atoms with Crippen molar-refractivity contribution < 1.29 is 0 Å². The zero-order valence-corrected chi connectivity index (χ0v) is 6.77. The maximum absolute atomic E-state index is 3.34. The average molecular weight is 139 g/mol. The molecule has 0 fully saturated rings. The summed E-state index contributed by atoms with van der Waals surface area (Å²) in [6, 6.07) is 0.768. The zero-order chi connectivity index (χ0) is 7.23. The molecule has 0 amide bonds. The van der Waals surface area contributed by atoms with E-state index in [4.69, 9.17) is 0 Å². The lowest BCUT2D eigenvalue weighted by atomic mass is 10.0. The lowest BCUT2D eigenvalue weighted by Crippen LogP contribution is -2.24. The molecule has 1 aliphatic rings. The van der Waals surface area contributed by atoms with Crippen molar-refractivity contribution in [2.75, 3.05) is 7.05 Å². The highest BCUT2D eigenvalue weighted by atomic mass is 14.9. The molecule has 1 unspecified atom stereocenters. The molecule has 1 rings (SSSR count). The number of allylic oxidation sites excluding steroid dienone is 2. The number of hydrogen-bond acceptors (Lipinski definition) is 1. The molecule has 0 aromatic heterocycles. The van der Waals surface area contributed by atoms with Gasteiger partial charge in [0.05, 0.1) is 0 Å². The predicted molar refractivity (Wildman–Crippen MR) is 45.1 cm³/mol. The Bertz CT molecular complexity index is 107. The van der Waals surface area contributed by atoms with Crippen LogP contribution in [0, 0.1) is 0 Å². The van der Waals surface area contributed by atoms with Gasteiger partial charge in [0.1, 0.15) is 0 Å². The molecule has 0 heterocycles. The zero-order valence-electron chi connectivity index (χ0n) is 6.77. The van der Waals surface area contributed by atoms with Gasteiger partial charge in [-0.1, -0.05) is 12.2 Å². The Kier molecular flexibility index (Phi) is 3.52. The summed E-state index contributed by atoms with van der Waals surface area (Å²) >= 11 is 0. The second-order valence-electron chi connectivity index (χ2n) is 2.97. The lowest BCUT2D eigenvalue weighted by Gasteiger charge is -2.15. The molecule has 0 radical (unpaired) electrons. The third kappa shape index (κ3) is 2.53. The summed E-state index contributed by atoms with van der Waals surface area (Å²) in [5.41, 5.74) is 0. The Morgan fingerprint density at radius 1 is 1.20 bits per heavy atom. The van der Waals surface area contributed by atoms with Gasteiger partial charge in [-0.15, -0.1) is 0 Å². The Balaban J connectivity index is 2.27. The fourth-order valence-electron chi connectivity index (χ4n) is 1.45. The fourth-order valence-corrected chi connectivity index (χ4v) is 1.45. The van der Waals surface area contributed by atoms with E-state index in [9.17, 15) is 0 Å². The first-order chi connectivity index (χ1) is 4.93. The van der Waals surface area contributed by atoms with Crippen LogP contribution in [0.2, 0.25) is 0 Å². The topological polar surface area (TPSA) is 12.0 Å². The summed E-state index contributed by atoms with van der Waals surface area (Å²) in [5.74, 6) is 0. The molecular formula is C9H17N. The largest absolute Gasteiger partial charge is 0.317 e. The maximum atomic E-state index is 3.34. The highest BCUT2D eigenvalue weighted by molar-refractivity contribution is 4.86. The molecule has 1 atom stereocenters. The van der Waals surface area contributed by atoms with Gasteiger partial charge in [-0.25, -0.2) is 0 Å². The maximum Gasteiger partial charge on any atom is 0.00671 e. The minimum atomic E-state index is 0.768. The standard InChI is InChI=1S/C9H17N/c1-10-9-7-5-3-2-4-6-8-9/h2-3,9-10H,4-8H2,1H3/b3-2-. The van der Waals surface area contributed by atoms with Crippen molar-refractivity contribution in [1.82, 2.24) is 5.32 Å².